The van der Waals surface area contributed by atoms with Gasteiger partial charge >= 0.3 is 0 Å². The molecule has 0 N–H and O–H groups in total. The molecule has 0 radical (unpaired) electrons. The summed E-state index contributed by atoms with van der Waals surface area (Å²) in [5.74, 6) is 0.305. The summed E-state index contributed by atoms with van der Waals surface area (Å²) in [6.45, 7) is 0.374. The number of nitrogens with zero attached hydrogens (tertiary/aromatic N) is 5. The van der Waals surface area contributed by atoms with Crippen molar-refractivity contribution in [2.75, 3.05) is 0 Å². The fourth-order valence-electron chi connectivity index (χ4n) is 3.12. The molecule has 1 aromatic carbocycles. The zero-order valence-electron chi connectivity index (χ0n) is 13.9. The molecule has 0 atom stereocenters. The van der Waals surface area contributed by atoms with Gasteiger partial charge in [-0.2, -0.15) is 4.73 Å². The van der Waals surface area contributed by atoms with Crippen LogP contribution >= 0.6 is 0 Å². The first kappa shape index (κ1) is 15.4. The molecule has 0 fully saturated rings. The summed E-state index contributed by atoms with van der Waals surface area (Å²) >= 11 is 0. The van der Waals surface area contributed by atoms with Crippen molar-refractivity contribution in [3.8, 4) is 11.3 Å². The van der Waals surface area contributed by atoms with E-state index < -0.39 is 0 Å². The van der Waals surface area contributed by atoms with Crippen LogP contribution < -0.4 is 4.73 Å². The van der Waals surface area contributed by atoms with Crippen LogP contribution in [0.15, 0.2) is 65.7 Å². The first-order valence-electron chi connectivity index (χ1n) is 8.22. The van der Waals surface area contributed by atoms with Crippen LogP contribution in [0.1, 0.15) is 5.76 Å². The van der Waals surface area contributed by atoms with Gasteiger partial charge in [-0.25, -0.2) is 14.4 Å². The first-order valence-corrected chi connectivity index (χ1v) is 8.22. The van der Waals surface area contributed by atoms with Crippen molar-refractivity contribution in [3.63, 3.8) is 0 Å². The number of imidazole rings is 1. The van der Waals surface area contributed by atoms with Crippen molar-refractivity contribution in [1.82, 2.24) is 19.7 Å². The lowest BCUT2D eigenvalue weighted by molar-refractivity contribution is -0.575. The normalized spacial score (nSPS) is 11.4. The second-order valence-corrected chi connectivity index (χ2v) is 6.12. The lowest BCUT2D eigenvalue weighted by atomic mass is 10.1. The first-order chi connectivity index (χ1) is 13.2. The monoisotopic (exact) mass is 361 g/mol. The van der Waals surface area contributed by atoms with Gasteiger partial charge in [-0.05, 0) is 30.3 Å². The zero-order chi connectivity index (χ0) is 18.4. The topological polar surface area (TPSA) is 83.7 Å². The third kappa shape index (κ3) is 2.58. The van der Waals surface area contributed by atoms with Gasteiger partial charge in [0.05, 0.1) is 12.9 Å². The molecule has 0 aliphatic heterocycles. The summed E-state index contributed by atoms with van der Waals surface area (Å²) in [5.41, 5.74) is 3.72. The van der Waals surface area contributed by atoms with Crippen LogP contribution in [-0.2, 0) is 6.54 Å². The summed E-state index contributed by atoms with van der Waals surface area (Å²) in [7, 11) is 0. The van der Waals surface area contributed by atoms with Crippen LogP contribution in [0.4, 0.5) is 4.39 Å². The number of hydrogen-bond donors (Lipinski definition) is 0. The predicted molar refractivity (Wildman–Crippen MR) is 95.0 cm³/mol. The van der Waals surface area contributed by atoms with E-state index in [1.807, 2.05) is 4.57 Å². The minimum absolute atomic E-state index is 0.303. The quantitative estimate of drug-likeness (QED) is 0.364. The van der Waals surface area contributed by atoms with Crippen molar-refractivity contribution in [3.05, 3.63) is 78.0 Å². The number of fused-ring (bicyclic) bond motifs is 3. The molecule has 0 saturated heterocycles. The number of hydrogen-bond acceptors (Lipinski definition) is 5. The summed E-state index contributed by atoms with van der Waals surface area (Å²) in [6.07, 6.45) is 4.71. The SMILES string of the molecule is [O-][n+]1cc2ncn(Cc3cc(-c4ccc(F)cc4)no3)c2c2ncccc21. The molecule has 5 aromatic rings. The number of aromatic nitrogens is 5. The lowest BCUT2D eigenvalue weighted by Crippen LogP contribution is -2.26. The molecule has 0 unspecified atom stereocenters. The van der Waals surface area contributed by atoms with Crippen molar-refractivity contribution in [1.29, 1.82) is 0 Å². The van der Waals surface area contributed by atoms with Gasteiger partial charge in [-0.15, -0.1) is 0 Å². The molecule has 27 heavy (non-hydrogen) atoms. The van der Waals surface area contributed by atoms with Gasteiger partial charge in [0.1, 0.15) is 17.0 Å². The highest BCUT2D eigenvalue weighted by atomic mass is 19.1. The molecule has 0 bridgehead atoms. The Morgan fingerprint density at radius 2 is 2.00 bits per heavy atom. The Morgan fingerprint density at radius 1 is 1.15 bits per heavy atom. The van der Waals surface area contributed by atoms with Crippen molar-refractivity contribution < 1.29 is 13.6 Å². The average Bonchev–Trinajstić information content (AvgIpc) is 3.30. The van der Waals surface area contributed by atoms with Crippen LogP contribution in [0.2, 0.25) is 0 Å². The summed E-state index contributed by atoms with van der Waals surface area (Å²) in [6, 6.07) is 11.3. The molecule has 4 heterocycles. The molecule has 8 heteroatoms. The Hall–Kier alpha value is -3.81. The largest absolute Gasteiger partial charge is 0.618 e. The third-order valence-electron chi connectivity index (χ3n) is 4.38. The number of pyridine rings is 2. The maximum Gasteiger partial charge on any atom is 0.244 e. The van der Waals surface area contributed by atoms with Crippen LogP contribution in [0.3, 0.4) is 0 Å². The number of benzene rings is 1. The van der Waals surface area contributed by atoms with Crippen LogP contribution in [0, 0.1) is 11.0 Å². The fraction of sp³-hybridized carbons (Fsp3) is 0.0526. The zero-order valence-corrected chi connectivity index (χ0v) is 13.9. The van der Waals surface area contributed by atoms with Gasteiger partial charge < -0.3 is 14.3 Å². The van der Waals surface area contributed by atoms with Gasteiger partial charge in [0.2, 0.25) is 11.7 Å². The van der Waals surface area contributed by atoms with Crippen molar-refractivity contribution >= 4 is 22.1 Å². The Balaban J connectivity index is 1.56. The molecule has 7 nitrogen and oxygen atoms in total. The van der Waals surface area contributed by atoms with E-state index >= 15 is 0 Å². The number of rotatable bonds is 3. The Bertz CT molecular complexity index is 1280. The van der Waals surface area contributed by atoms with Crippen LogP contribution in [0.5, 0.6) is 0 Å². The minimum Gasteiger partial charge on any atom is -0.618 e. The van der Waals surface area contributed by atoms with Gasteiger partial charge in [-0.3, -0.25) is 0 Å². The van der Waals surface area contributed by atoms with E-state index in [1.165, 1.54) is 18.3 Å². The second kappa shape index (κ2) is 5.87. The fourth-order valence-corrected chi connectivity index (χ4v) is 3.12. The highest BCUT2D eigenvalue weighted by molar-refractivity contribution is 5.97. The Kier molecular flexibility index (Phi) is 3.36. The molecule has 0 saturated carbocycles. The summed E-state index contributed by atoms with van der Waals surface area (Å²) in [5, 5.41) is 16.2. The molecule has 132 valence electrons. The van der Waals surface area contributed by atoms with Gasteiger partial charge in [0.25, 0.3) is 0 Å². The van der Waals surface area contributed by atoms with Gasteiger partial charge in [0.15, 0.2) is 16.8 Å². The van der Waals surface area contributed by atoms with Crippen molar-refractivity contribution in [2.24, 2.45) is 0 Å². The predicted octanol–water partition coefficient (Wildman–Crippen LogP) is 3.06. The smallest absolute Gasteiger partial charge is 0.244 e. The van der Waals surface area contributed by atoms with Gasteiger partial charge in [0, 0.05) is 23.9 Å². The molecular formula is C19H12FN5O2. The molecule has 0 amide bonds. The molecular weight excluding hydrogens is 349 g/mol. The molecule has 4 aromatic heterocycles. The van der Waals surface area contributed by atoms with E-state index in [9.17, 15) is 9.60 Å². The number of halogens is 1. The van der Waals surface area contributed by atoms with E-state index in [0.717, 1.165) is 15.8 Å². The minimum atomic E-state index is -0.303. The molecule has 5 rings (SSSR count). The molecule has 0 aliphatic rings. The third-order valence-corrected chi connectivity index (χ3v) is 4.38. The lowest BCUT2D eigenvalue weighted by Gasteiger charge is -2.04. The highest BCUT2D eigenvalue weighted by Gasteiger charge is 2.17. The summed E-state index contributed by atoms with van der Waals surface area (Å²) < 4.78 is 21.1. The molecule has 0 aliphatic carbocycles. The van der Waals surface area contributed by atoms with E-state index in [-0.39, 0.29) is 5.82 Å². The van der Waals surface area contributed by atoms with Crippen molar-refractivity contribution in [2.45, 2.75) is 6.54 Å². The highest BCUT2D eigenvalue weighted by Crippen LogP contribution is 2.23. The summed E-state index contributed by atoms with van der Waals surface area (Å²) in [4.78, 5) is 8.64. The Labute approximate surface area is 151 Å². The van der Waals surface area contributed by atoms with E-state index in [0.29, 0.717) is 34.5 Å². The second-order valence-electron chi connectivity index (χ2n) is 6.12. The Morgan fingerprint density at radius 3 is 2.85 bits per heavy atom. The molecule has 0 spiro atoms. The maximum atomic E-state index is 13.1. The standard InChI is InChI=1S/C19H12FN5O2/c20-13-5-3-12(4-6-13)15-8-14(27-23-15)9-24-11-22-16-10-25(26)17-2-1-7-21-18(17)19(16)24/h1-8,10-11H,9H2. The van der Waals surface area contributed by atoms with Crippen LogP contribution in [0.25, 0.3) is 33.3 Å². The van der Waals surface area contributed by atoms with E-state index in [2.05, 4.69) is 15.1 Å². The maximum absolute atomic E-state index is 13.1. The average molecular weight is 361 g/mol. The van der Waals surface area contributed by atoms with E-state index in [1.54, 1.807) is 42.9 Å². The van der Waals surface area contributed by atoms with Gasteiger partial charge in [-0.1, -0.05) is 5.16 Å². The van der Waals surface area contributed by atoms with E-state index in [4.69, 9.17) is 4.52 Å². The van der Waals surface area contributed by atoms with Crippen LogP contribution in [-0.4, -0.2) is 19.7 Å².